The maximum Gasteiger partial charge on any atom is 0.337 e. The first-order valence-corrected chi connectivity index (χ1v) is 8.12. The van der Waals surface area contributed by atoms with Crippen LogP contribution in [0.15, 0.2) is 42.5 Å². The Balaban J connectivity index is 1.90. The first-order chi connectivity index (χ1) is 11.3. The molecule has 0 bridgehead atoms. The van der Waals surface area contributed by atoms with Crippen molar-refractivity contribution >= 4 is 5.97 Å². The maximum atomic E-state index is 11.4. The van der Waals surface area contributed by atoms with Gasteiger partial charge in [0.05, 0.1) is 12.2 Å². The number of rotatable bonds is 4. The topological polar surface area (TPSA) is 66.8 Å². The molecule has 0 saturated heterocycles. The molecule has 0 amide bonds. The molecular weight excluding hydrogens is 304 g/mol. The molecule has 3 rings (SSSR count). The molecule has 1 unspecified atom stereocenters. The summed E-state index contributed by atoms with van der Waals surface area (Å²) in [6.45, 7) is 4.02. The van der Waals surface area contributed by atoms with Gasteiger partial charge in [0.25, 0.3) is 0 Å². The van der Waals surface area contributed by atoms with Crippen molar-refractivity contribution in [2.75, 3.05) is 6.61 Å². The predicted octanol–water partition coefficient (Wildman–Crippen LogP) is 3.37. The van der Waals surface area contributed by atoms with E-state index in [-0.39, 0.29) is 0 Å². The summed E-state index contributed by atoms with van der Waals surface area (Å²) in [4.78, 5) is 11.4. The van der Waals surface area contributed by atoms with Crippen LogP contribution in [-0.2, 0) is 22.4 Å². The van der Waals surface area contributed by atoms with Crippen molar-refractivity contribution in [3.63, 3.8) is 0 Å². The van der Waals surface area contributed by atoms with Crippen molar-refractivity contribution in [2.24, 2.45) is 0 Å². The first-order valence-electron chi connectivity index (χ1n) is 8.12. The summed E-state index contributed by atoms with van der Waals surface area (Å²) in [6, 6.07) is 13.9. The summed E-state index contributed by atoms with van der Waals surface area (Å²) in [6.07, 6.45) is 0.444. The van der Waals surface area contributed by atoms with Crippen LogP contribution >= 0.6 is 0 Å². The summed E-state index contributed by atoms with van der Waals surface area (Å²) in [5, 5.41) is 19.2. The number of carboxylic acids is 1. The van der Waals surface area contributed by atoms with Gasteiger partial charge in [-0.1, -0.05) is 36.4 Å². The molecule has 4 heteroatoms. The molecular formula is C20H22O4. The molecule has 2 aromatic carbocycles. The monoisotopic (exact) mass is 326 g/mol. The van der Waals surface area contributed by atoms with Crippen molar-refractivity contribution in [1.82, 2.24) is 0 Å². The molecule has 24 heavy (non-hydrogen) atoms. The number of ether oxygens (including phenoxy) is 1. The van der Waals surface area contributed by atoms with Gasteiger partial charge in [0, 0.05) is 6.42 Å². The lowest BCUT2D eigenvalue weighted by Crippen LogP contribution is -2.23. The van der Waals surface area contributed by atoms with Crippen LogP contribution in [-0.4, -0.2) is 28.4 Å². The van der Waals surface area contributed by atoms with E-state index in [0.717, 1.165) is 34.2 Å². The van der Waals surface area contributed by atoms with E-state index in [1.54, 1.807) is 13.8 Å². The van der Waals surface area contributed by atoms with Crippen molar-refractivity contribution in [1.29, 1.82) is 0 Å². The lowest BCUT2D eigenvalue weighted by Gasteiger charge is -2.23. The summed E-state index contributed by atoms with van der Waals surface area (Å²) >= 11 is 0. The minimum absolute atomic E-state index is 0.439. The zero-order valence-corrected chi connectivity index (χ0v) is 14.0. The van der Waals surface area contributed by atoms with Crippen LogP contribution in [0.5, 0.6) is 0 Å². The standard InChI is InChI=1S/C20H22O4/c1-20(2,23)12-13-3-5-14(6-4-13)16-8-7-15-9-10-24-18(19(21)22)17(15)11-16/h3-8,11,18,23H,9-10,12H2,1-2H3,(H,21,22). The third kappa shape index (κ3) is 3.66. The molecule has 0 saturated carbocycles. The zero-order chi connectivity index (χ0) is 17.3. The van der Waals surface area contributed by atoms with Gasteiger partial charge in [-0.05, 0) is 54.2 Å². The van der Waals surface area contributed by atoms with E-state index in [1.165, 1.54) is 0 Å². The van der Waals surface area contributed by atoms with Crippen molar-refractivity contribution < 1.29 is 19.7 Å². The SMILES string of the molecule is CC(C)(O)Cc1ccc(-c2ccc3c(c2)C(C(=O)O)OCC3)cc1. The molecule has 1 aliphatic heterocycles. The lowest BCUT2D eigenvalue weighted by atomic mass is 9.92. The fraction of sp³-hybridized carbons (Fsp3) is 0.350. The smallest absolute Gasteiger partial charge is 0.337 e. The molecule has 0 radical (unpaired) electrons. The molecule has 1 aliphatic rings. The number of hydrogen-bond acceptors (Lipinski definition) is 3. The molecule has 2 aromatic rings. The quantitative estimate of drug-likeness (QED) is 0.904. The normalized spacial score (nSPS) is 17.4. The van der Waals surface area contributed by atoms with Gasteiger partial charge in [0.1, 0.15) is 0 Å². The average Bonchev–Trinajstić information content (AvgIpc) is 2.53. The van der Waals surface area contributed by atoms with E-state index < -0.39 is 17.7 Å². The highest BCUT2D eigenvalue weighted by molar-refractivity contribution is 5.77. The highest BCUT2D eigenvalue weighted by atomic mass is 16.5. The Bertz CT molecular complexity index is 741. The molecule has 126 valence electrons. The van der Waals surface area contributed by atoms with Gasteiger partial charge in [0.2, 0.25) is 0 Å². The van der Waals surface area contributed by atoms with Crippen LogP contribution in [0.4, 0.5) is 0 Å². The van der Waals surface area contributed by atoms with E-state index in [9.17, 15) is 15.0 Å². The molecule has 2 N–H and O–H groups in total. The van der Waals surface area contributed by atoms with Crippen molar-refractivity contribution in [3.8, 4) is 11.1 Å². The maximum absolute atomic E-state index is 11.4. The van der Waals surface area contributed by atoms with Gasteiger partial charge in [-0.25, -0.2) is 4.79 Å². The molecule has 0 fully saturated rings. The Hall–Kier alpha value is -2.17. The van der Waals surface area contributed by atoms with Crippen LogP contribution in [0, 0.1) is 0 Å². The number of carbonyl (C=O) groups is 1. The van der Waals surface area contributed by atoms with Crippen LogP contribution in [0.2, 0.25) is 0 Å². The third-order valence-electron chi connectivity index (χ3n) is 4.23. The second-order valence-corrected chi connectivity index (χ2v) is 6.94. The van der Waals surface area contributed by atoms with E-state index in [0.29, 0.717) is 13.0 Å². The predicted molar refractivity (Wildman–Crippen MR) is 91.9 cm³/mol. The van der Waals surface area contributed by atoms with Crippen LogP contribution in [0.25, 0.3) is 11.1 Å². The molecule has 4 nitrogen and oxygen atoms in total. The van der Waals surface area contributed by atoms with E-state index >= 15 is 0 Å². The highest BCUT2D eigenvalue weighted by Gasteiger charge is 2.27. The van der Waals surface area contributed by atoms with E-state index in [1.807, 2.05) is 42.5 Å². The van der Waals surface area contributed by atoms with E-state index in [2.05, 4.69) is 0 Å². The first kappa shape index (κ1) is 16.7. The molecule has 0 aromatic heterocycles. The molecule has 1 heterocycles. The molecule has 0 spiro atoms. The van der Waals surface area contributed by atoms with Crippen molar-refractivity contribution in [3.05, 3.63) is 59.2 Å². The van der Waals surface area contributed by atoms with Gasteiger partial charge >= 0.3 is 5.97 Å². The Labute approximate surface area is 141 Å². The number of hydrogen-bond donors (Lipinski definition) is 2. The van der Waals surface area contributed by atoms with Crippen LogP contribution in [0.3, 0.4) is 0 Å². The Morgan fingerprint density at radius 2 is 1.83 bits per heavy atom. The van der Waals surface area contributed by atoms with Gasteiger partial charge < -0.3 is 14.9 Å². The lowest BCUT2D eigenvalue weighted by molar-refractivity contribution is -0.151. The summed E-state index contributed by atoms with van der Waals surface area (Å²) in [5.41, 5.74) is 4.10. The summed E-state index contributed by atoms with van der Waals surface area (Å²) in [7, 11) is 0. The van der Waals surface area contributed by atoms with Gasteiger partial charge in [0.15, 0.2) is 6.10 Å². The Kier molecular flexibility index (Phi) is 4.43. The Morgan fingerprint density at radius 1 is 1.17 bits per heavy atom. The highest BCUT2D eigenvalue weighted by Crippen LogP contribution is 2.32. The molecule has 0 aliphatic carbocycles. The minimum atomic E-state index is -0.950. The second kappa shape index (κ2) is 6.38. The van der Waals surface area contributed by atoms with Gasteiger partial charge in [-0.3, -0.25) is 0 Å². The largest absolute Gasteiger partial charge is 0.479 e. The zero-order valence-electron chi connectivity index (χ0n) is 14.0. The van der Waals surface area contributed by atoms with Gasteiger partial charge in [-0.2, -0.15) is 0 Å². The average molecular weight is 326 g/mol. The number of carboxylic acid groups (broad SMARTS) is 1. The minimum Gasteiger partial charge on any atom is -0.479 e. The van der Waals surface area contributed by atoms with Gasteiger partial charge in [-0.15, -0.1) is 0 Å². The van der Waals surface area contributed by atoms with Crippen molar-refractivity contribution in [2.45, 2.75) is 38.4 Å². The van der Waals surface area contributed by atoms with E-state index in [4.69, 9.17) is 4.74 Å². The molecule has 1 atom stereocenters. The third-order valence-corrected chi connectivity index (χ3v) is 4.23. The second-order valence-electron chi connectivity index (χ2n) is 6.94. The van der Waals surface area contributed by atoms with Crippen LogP contribution < -0.4 is 0 Å². The van der Waals surface area contributed by atoms with Crippen LogP contribution in [0.1, 0.15) is 36.6 Å². The fourth-order valence-electron chi connectivity index (χ4n) is 3.14. The number of benzene rings is 2. The summed E-state index contributed by atoms with van der Waals surface area (Å²) < 4.78 is 5.40. The number of aliphatic carboxylic acids is 1. The number of aliphatic hydroxyl groups is 1. The Morgan fingerprint density at radius 3 is 2.46 bits per heavy atom. The summed E-state index contributed by atoms with van der Waals surface area (Å²) in [5.74, 6) is -0.950. The number of fused-ring (bicyclic) bond motifs is 1. The fourth-order valence-corrected chi connectivity index (χ4v) is 3.14.